The lowest BCUT2D eigenvalue weighted by atomic mass is 9.99. The van der Waals surface area contributed by atoms with E-state index in [-0.39, 0.29) is 29.1 Å². The van der Waals surface area contributed by atoms with Crippen molar-refractivity contribution in [1.29, 1.82) is 0 Å². The van der Waals surface area contributed by atoms with Crippen LogP contribution in [0, 0.1) is 5.92 Å². The van der Waals surface area contributed by atoms with Gasteiger partial charge < -0.3 is 15.4 Å². The number of rotatable bonds is 4. The number of morpholine rings is 1. The van der Waals surface area contributed by atoms with E-state index in [0.717, 1.165) is 19.4 Å². The lowest BCUT2D eigenvalue weighted by Crippen LogP contribution is -2.40. The number of hydrogen-bond acceptors (Lipinski definition) is 5. The van der Waals surface area contributed by atoms with Gasteiger partial charge in [-0.2, -0.15) is 4.31 Å². The first kappa shape index (κ1) is 20.1. The molecule has 0 spiro atoms. The number of halogens is 1. The number of benzene rings is 1. The minimum atomic E-state index is -3.56. The Kier molecular flexibility index (Phi) is 7.21. The summed E-state index contributed by atoms with van der Waals surface area (Å²) >= 11 is 0. The van der Waals surface area contributed by atoms with E-state index in [1.807, 2.05) is 0 Å². The van der Waals surface area contributed by atoms with Crippen molar-refractivity contribution in [2.45, 2.75) is 17.7 Å². The van der Waals surface area contributed by atoms with Gasteiger partial charge in [0.1, 0.15) is 0 Å². The van der Waals surface area contributed by atoms with Gasteiger partial charge in [-0.15, -0.1) is 12.4 Å². The van der Waals surface area contributed by atoms with Gasteiger partial charge in [0.2, 0.25) is 15.9 Å². The van der Waals surface area contributed by atoms with Crippen LogP contribution >= 0.6 is 12.4 Å². The van der Waals surface area contributed by atoms with Crippen molar-refractivity contribution in [2.24, 2.45) is 5.92 Å². The predicted octanol–water partition coefficient (Wildman–Crippen LogP) is 1.07. The average Bonchev–Trinajstić information content (AvgIpc) is 2.63. The van der Waals surface area contributed by atoms with Gasteiger partial charge >= 0.3 is 0 Å². The number of piperidine rings is 1. The van der Waals surface area contributed by atoms with Crippen LogP contribution in [0.5, 0.6) is 0 Å². The lowest BCUT2D eigenvalue weighted by molar-refractivity contribution is -0.120. The maximum absolute atomic E-state index is 12.7. The first-order valence-electron chi connectivity index (χ1n) is 8.27. The number of ether oxygens (including phenoxy) is 1. The normalized spacial score (nSPS) is 22.0. The van der Waals surface area contributed by atoms with E-state index >= 15 is 0 Å². The highest BCUT2D eigenvalue weighted by atomic mass is 35.5. The Labute approximate surface area is 154 Å². The van der Waals surface area contributed by atoms with Crippen LogP contribution in [0.1, 0.15) is 12.8 Å². The minimum absolute atomic E-state index is 0. The molecule has 140 valence electrons. The quantitative estimate of drug-likeness (QED) is 0.804. The molecule has 2 saturated heterocycles. The van der Waals surface area contributed by atoms with Crippen molar-refractivity contribution in [3.8, 4) is 0 Å². The molecule has 1 aromatic rings. The van der Waals surface area contributed by atoms with E-state index in [1.165, 1.54) is 10.4 Å². The summed E-state index contributed by atoms with van der Waals surface area (Å²) in [5.74, 6) is -0.138. The van der Waals surface area contributed by atoms with Crippen molar-refractivity contribution in [1.82, 2.24) is 9.62 Å². The zero-order chi connectivity index (χ0) is 17.0. The van der Waals surface area contributed by atoms with Gasteiger partial charge in [0.05, 0.1) is 24.0 Å². The van der Waals surface area contributed by atoms with Crippen molar-refractivity contribution >= 4 is 34.0 Å². The number of anilines is 1. The fraction of sp³-hybridized carbons (Fsp3) is 0.562. The van der Waals surface area contributed by atoms with E-state index < -0.39 is 10.0 Å². The standard InChI is InChI=1S/C16H23N3O4S.ClH/c20-16(13-3-2-6-17-12-13)18-14-4-1-5-15(11-14)24(21,22)19-7-9-23-10-8-19;/h1,4-5,11,13,17H,2-3,6-10,12H2,(H,18,20);1H. The third-order valence-corrected chi connectivity index (χ3v) is 6.27. The maximum atomic E-state index is 12.7. The molecule has 2 N–H and O–H groups in total. The van der Waals surface area contributed by atoms with E-state index in [0.29, 0.717) is 38.5 Å². The Morgan fingerprint density at radius 2 is 2.04 bits per heavy atom. The first-order chi connectivity index (χ1) is 11.6. The second kappa shape index (κ2) is 8.95. The van der Waals surface area contributed by atoms with Crippen molar-refractivity contribution < 1.29 is 17.9 Å². The molecule has 3 rings (SSSR count). The topological polar surface area (TPSA) is 87.7 Å². The van der Waals surface area contributed by atoms with Gasteiger partial charge in [-0.05, 0) is 37.6 Å². The highest BCUT2D eigenvalue weighted by Gasteiger charge is 2.27. The molecule has 1 amide bonds. The molecule has 7 nitrogen and oxygen atoms in total. The van der Waals surface area contributed by atoms with Crippen LogP contribution in [0.4, 0.5) is 5.69 Å². The Balaban J connectivity index is 0.00000225. The first-order valence-corrected chi connectivity index (χ1v) is 9.71. The van der Waals surface area contributed by atoms with Gasteiger partial charge in [-0.1, -0.05) is 6.07 Å². The van der Waals surface area contributed by atoms with Crippen molar-refractivity contribution in [2.75, 3.05) is 44.7 Å². The average molecular weight is 390 g/mol. The summed E-state index contributed by atoms with van der Waals surface area (Å²) < 4.78 is 32.0. The largest absolute Gasteiger partial charge is 0.379 e. The smallest absolute Gasteiger partial charge is 0.243 e. The molecule has 0 aliphatic carbocycles. The Morgan fingerprint density at radius 3 is 2.72 bits per heavy atom. The molecule has 1 unspecified atom stereocenters. The van der Waals surface area contributed by atoms with Gasteiger partial charge in [0, 0.05) is 25.3 Å². The maximum Gasteiger partial charge on any atom is 0.243 e. The molecular formula is C16H24ClN3O4S. The number of sulfonamides is 1. The second-order valence-corrected chi connectivity index (χ2v) is 8.01. The molecule has 0 aromatic heterocycles. The number of carbonyl (C=O) groups is 1. The molecule has 2 heterocycles. The molecule has 1 aromatic carbocycles. The molecule has 2 fully saturated rings. The van der Waals surface area contributed by atoms with E-state index in [2.05, 4.69) is 10.6 Å². The fourth-order valence-electron chi connectivity index (χ4n) is 2.99. The minimum Gasteiger partial charge on any atom is -0.379 e. The summed E-state index contributed by atoms with van der Waals surface area (Å²) in [6, 6.07) is 6.45. The summed E-state index contributed by atoms with van der Waals surface area (Å²) in [6.45, 7) is 3.13. The molecule has 1 atom stereocenters. The predicted molar refractivity (Wildman–Crippen MR) is 97.5 cm³/mol. The third kappa shape index (κ3) is 4.92. The molecule has 0 radical (unpaired) electrons. The summed E-state index contributed by atoms with van der Waals surface area (Å²) in [6.07, 6.45) is 1.83. The Morgan fingerprint density at radius 1 is 1.28 bits per heavy atom. The van der Waals surface area contributed by atoms with E-state index in [4.69, 9.17) is 4.74 Å². The lowest BCUT2D eigenvalue weighted by Gasteiger charge is -2.26. The molecule has 2 aliphatic heterocycles. The van der Waals surface area contributed by atoms with Crippen molar-refractivity contribution in [3.05, 3.63) is 24.3 Å². The second-order valence-electron chi connectivity index (χ2n) is 6.08. The van der Waals surface area contributed by atoms with E-state index in [1.54, 1.807) is 18.2 Å². The van der Waals surface area contributed by atoms with Gasteiger partial charge in [0.15, 0.2) is 0 Å². The van der Waals surface area contributed by atoms with Crippen LogP contribution < -0.4 is 10.6 Å². The van der Waals surface area contributed by atoms with Crippen LogP contribution in [0.15, 0.2) is 29.2 Å². The van der Waals surface area contributed by atoms with Crippen LogP contribution in [-0.4, -0.2) is 58.0 Å². The monoisotopic (exact) mass is 389 g/mol. The summed E-state index contributed by atoms with van der Waals surface area (Å²) in [4.78, 5) is 12.5. The highest BCUT2D eigenvalue weighted by molar-refractivity contribution is 7.89. The number of nitrogens with one attached hydrogen (secondary N) is 2. The molecular weight excluding hydrogens is 366 g/mol. The fourth-order valence-corrected chi connectivity index (χ4v) is 4.44. The number of hydrogen-bond donors (Lipinski definition) is 2. The molecule has 25 heavy (non-hydrogen) atoms. The molecule has 0 saturated carbocycles. The van der Waals surface area contributed by atoms with Gasteiger partial charge in [-0.3, -0.25) is 4.79 Å². The van der Waals surface area contributed by atoms with Crippen LogP contribution in [0.2, 0.25) is 0 Å². The summed E-state index contributed by atoms with van der Waals surface area (Å²) in [5.41, 5.74) is 0.514. The third-order valence-electron chi connectivity index (χ3n) is 4.38. The van der Waals surface area contributed by atoms with Crippen molar-refractivity contribution in [3.63, 3.8) is 0 Å². The molecule has 0 bridgehead atoms. The van der Waals surface area contributed by atoms with Gasteiger partial charge in [0.25, 0.3) is 0 Å². The van der Waals surface area contributed by atoms with Crippen LogP contribution in [-0.2, 0) is 19.6 Å². The SMILES string of the molecule is Cl.O=C(Nc1cccc(S(=O)(=O)N2CCOCC2)c1)C1CCCNC1. The molecule has 9 heteroatoms. The molecule has 2 aliphatic rings. The summed E-state index contributed by atoms with van der Waals surface area (Å²) in [5, 5.41) is 6.05. The Hall–Kier alpha value is -1.19. The van der Waals surface area contributed by atoms with E-state index in [9.17, 15) is 13.2 Å². The highest BCUT2D eigenvalue weighted by Crippen LogP contribution is 2.21. The zero-order valence-corrected chi connectivity index (χ0v) is 15.6. The number of amides is 1. The zero-order valence-electron chi connectivity index (χ0n) is 13.9. The van der Waals surface area contributed by atoms with Gasteiger partial charge in [-0.25, -0.2) is 8.42 Å². The Bertz CT molecular complexity index is 686. The number of nitrogens with zero attached hydrogens (tertiary/aromatic N) is 1. The van der Waals surface area contributed by atoms with Crippen LogP contribution in [0.25, 0.3) is 0 Å². The summed E-state index contributed by atoms with van der Waals surface area (Å²) in [7, 11) is -3.56. The van der Waals surface area contributed by atoms with Crippen LogP contribution in [0.3, 0.4) is 0 Å². The number of carbonyl (C=O) groups excluding carboxylic acids is 1.